The Balaban J connectivity index is 1.95. The van der Waals surface area contributed by atoms with Crippen LogP contribution in [0.15, 0.2) is 69.6 Å². The summed E-state index contributed by atoms with van der Waals surface area (Å²) >= 11 is 7.13. The van der Waals surface area contributed by atoms with E-state index in [0.29, 0.717) is 5.82 Å². The summed E-state index contributed by atoms with van der Waals surface area (Å²) < 4.78 is 3.76. The number of benzene rings is 3. The molecule has 0 N–H and O–H groups in total. The van der Waals surface area contributed by atoms with E-state index in [1.165, 1.54) is 12.1 Å². The molecule has 0 amide bonds. The highest BCUT2D eigenvalue weighted by atomic mass is 79.9. The predicted octanol–water partition coefficient (Wildman–Crippen LogP) is 6.14. The molecule has 0 saturated heterocycles. The molecule has 0 aliphatic rings. The third-order valence-electron chi connectivity index (χ3n) is 4.60. The van der Waals surface area contributed by atoms with Gasteiger partial charge in [-0.3, -0.25) is 14.5 Å². The van der Waals surface area contributed by atoms with Crippen LogP contribution in [0.2, 0.25) is 0 Å². The SMILES string of the molecule is O=[N+]([O-])c1ccc(-c2nc3c(Br)cc(Br)cc3c3nc4ccccc4n23)cc1. The van der Waals surface area contributed by atoms with Crippen molar-refractivity contribution in [2.75, 3.05) is 0 Å². The monoisotopic (exact) mass is 496 g/mol. The molecule has 5 aromatic rings. The molecule has 0 radical (unpaired) electrons. The average molecular weight is 498 g/mol. The van der Waals surface area contributed by atoms with Crippen LogP contribution in [0.3, 0.4) is 0 Å². The van der Waals surface area contributed by atoms with Gasteiger partial charge in [0.25, 0.3) is 5.69 Å². The Kier molecular flexibility index (Phi) is 3.92. The molecule has 0 fully saturated rings. The van der Waals surface area contributed by atoms with Crippen LogP contribution in [0.1, 0.15) is 0 Å². The highest BCUT2D eigenvalue weighted by Crippen LogP contribution is 2.34. The third kappa shape index (κ3) is 2.60. The largest absolute Gasteiger partial charge is 0.276 e. The number of nitro benzene ring substituents is 1. The second kappa shape index (κ2) is 6.35. The fourth-order valence-corrected chi connectivity index (χ4v) is 4.67. The van der Waals surface area contributed by atoms with Crippen LogP contribution in [-0.4, -0.2) is 19.3 Å². The first-order valence-corrected chi connectivity index (χ1v) is 9.92. The number of rotatable bonds is 2. The lowest BCUT2D eigenvalue weighted by Crippen LogP contribution is -1.99. The first-order valence-electron chi connectivity index (χ1n) is 8.34. The molecule has 136 valence electrons. The topological polar surface area (TPSA) is 73.3 Å². The minimum absolute atomic E-state index is 0.0429. The van der Waals surface area contributed by atoms with Gasteiger partial charge >= 0.3 is 0 Å². The zero-order chi connectivity index (χ0) is 19.4. The quantitative estimate of drug-likeness (QED) is 0.217. The van der Waals surface area contributed by atoms with Crippen LogP contribution in [-0.2, 0) is 0 Å². The summed E-state index contributed by atoms with van der Waals surface area (Å²) in [6.45, 7) is 0. The Morgan fingerprint density at radius 1 is 0.964 bits per heavy atom. The van der Waals surface area contributed by atoms with E-state index >= 15 is 0 Å². The number of halogens is 2. The summed E-state index contributed by atoms with van der Waals surface area (Å²) in [5.74, 6) is 0.675. The maximum absolute atomic E-state index is 11.0. The summed E-state index contributed by atoms with van der Waals surface area (Å²) in [6, 6.07) is 18.2. The molecule has 8 heteroatoms. The van der Waals surface area contributed by atoms with Crippen LogP contribution in [0.25, 0.3) is 39.0 Å². The molecule has 0 bridgehead atoms. The Bertz CT molecular complexity index is 1410. The lowest BCUT2D eigenvalue weighted by Gasteiger charge is -2.10. The van der Waals surface area contributed by atoms with E-state index < -0.39 is 4.92 Å². The van der Waals surface area contributed by atoms with E-state index in [-0.39, 0.29) is 5.69 Å². The summed E-state index contributed by atoms with van der Waals surface area (Å²) in [7, 11) is 0. The molecule has 2 aromatic heterocycles. The van der Waals surface area contributed by atoms with Gasteiger partial charge in [0, 0.05) is 32.0 Å². The van der Waals surface area contributed by atoms with Gasteiger partial charge in [-0.15, -0.1) is 0 Å². The van der Waals surface area contributed by atoms with Crippen molar-refractivity contribution in [1.29, 1.82) is 0 Å². The van der Waals surface area contributed by atoms with Gasteiger partial charge in [0.15, 0.2) is 0 Å². The summed E-state index contributed by atoms with van der Waals surface area (Å²) in [4.78, 5) is 20.3. The standard InChI is InChI=1S/C20H10Br2N4O2/c21-12-9-14-18(15(22)10-12)24-19(11-5-7-13(8-6-11)26(27)28)25-17-4-2-1-3-16(17)23-20(14)25/h1-10H. The van der Waals surface area contributed by atoms with Gasteiger partial charge in [-0.2, -0.15) is 0 Å². The molecule has 0 saturated carbocycles. The molecule has 0 atom stereocenters. The van der Waals surface area contributed by atoms with Gasteiger partial charge < -0.3 is 0 Å². The van der Waals surface area contributed by atoms with E-state index in [4.69, 9.17) is 9.97 Å². The normalized spacial score (nSPS) is 11.5. The second-order valence-corrected chi connectivity index (χ2v) is 8.05. The molecule has 0 aliphatic carbocycles. The Morgan fingerprint density at radius 3 is 2.46 bits per heavy atom. The number of aromatic nitrogens is 3. The number of hydrogen-bond acceptors (Lipinski definition) is 4. The van der Waals surface area contributed by atoms with Gasteiger partial charge in [0.1, 0.15) is 11.5 Å². The molecule has 6 nitrogen and oxygen atoms in total. The molecule has 28 heavy (non-hydrogen) atoms. The highest BCUT2D eigenvalue weighted by molar-refractivity contribution is 9.11. The van der Waals surface area contributed by atoms with Gasteiger partial charge in [0.2, 0.25) is 0 Å². The maximum Gasteiger partial charge on any atom is 0.269 e. The molecule has 0 spiro atoms. The highest BCUT2D eigenvalue weighted by Gasteiger charge is 2.17. The zero-order valence-corrected chi connectivity index (χ0v) is 17.3. The van der Waals surface area contributed by atoms with Crippen LogP contribution >= 0.6 is 31.9 Å². The van der Waals surface area contributed by atoms with Crippen molar-refractivity contribution < 1.29 is 4.92 Å². The molecular weight excluding hydrogens is 488 g/mol. The third-order valence-corrected chi connectivity index (χ3v) is 5.66. The Labute approximate surface area is 175 Å². The first kappa shape index (κ1) is 17.3. The summed E-state index contributed by atoms with van der Waals surface area (Å²) in [5, 5.41) is 11.9. The number of fused-ring (bicyclic) bond motifs is 5. The average Bonchev–Trinajstić information content (AvgIpc) is 3.08. The van der Waals surface area contributed by atoms with E-state index in [1.807, 2.05) is 40.8 Å². The van der Waals surface area contributed by atoms with Crippen molar-refractivity contribution >= 4 is 65.1 Å². The zero-order valence-electron chi connectivity index (χ0n) is 14.1. The van der Waals surface area contributed by atoms with Gasteiger partial charge in [-0.1, -0.05) is 28.1 Å². The fraction of sp³-hybridized carbons (Fsp3) is 0. The van der Waals surface area contributed by atoms with Crippen molar-refractivity contribution in [2.24, 2.45) is 0 Å². The van der Waals surface area contributed by atoms with Gasteiger partial charge in [-0.25, -0.2) is 9.97 Å². The summed E-state index contributed by atoms with van der Waals surface area (Å²) in [5.41, 5.74) is 4.16. The van der Waals surface area contributed by atoms with Crippen molar-refractivity contribution in [2.45, 2.75) is 0 Å². The van der Waals surface area contributed by atoms with Crippen molar-refractivity contribution in [1.82, 2.24) is 14.4 Å². The van der Waals surface area contributed by atoms with E-state index in [1.54, 1.807) is 12.1 Å². The minimum atomic E-state index is -0.409. The number of para-hydroxylation sites is 2. The van der Waals surface area contributed by atoms with Crippen molar-refractivity contribution in [3.05, 3.63) is 79.7 Å². The molecule has 2 heterocycles. The number of imidazole rings is 1. The second-order valence-electron chi connectivity index (χ2n) is 6.28. The summed E-state index contributed by atoms with van der Waals surface area (Å²) in [6.07, 6.45) is 0. The number of nitrogens with zero attached hydrogens (tertiary/aromatic N) is 4. The van der Waals surface area contributed by atoms with Crippen molar-refractivity contribution in [3.63, 3.8) is 0 Å². The minimum Gasteiger partial charge on any atom is -0.276 e. The molecule has 0 unspecified atom stereocenters. The van der Waals surface area contributed by atoms with Crippen LogP contribution in [0.4, 0.5) is 5.69 Å². The van der Waals surface area contributed by atoms with Crippen molar-refractivity contribution in [3.8, 4) is 11.4 Å². The van der Waals surface area contributed by atoms with Gasteiger partial charge in [-0.05, 0) is 52.3 Å². The Morgan fingerprint density at radius 2 is 1.71 bits per heavy atom. The molecular formula is C20H10Br2N4O2. The van der Waals surface area contributed by atoms with Gasteiger partial charge in [0.05, 0.1) is 21.5 Å². The van der Waals surface area contributed by atoms with Crippen LogP contribution in [0.5, 0.6) is 0 Å². The number of nitro groups is 1. The Hall–Kier alpha value is -2.84. The maximum atomic E-state index is 11.0. The molecule has 0 aliphatic heterocycles. The molecule has 3 aromatic carbocycles. The van der Waals surface area contributed by atoms with Crippen LogP contribution in [0, 0.1) is 10.1 Å². The lowest BCUT2D eigenvalue weighted by atomic mass is 10.1. The fourth-order valence-electron chi connectivity index (χ4n) is 3.35. The first-order chi connectivity index (χ1) is 13.5. The molecule has 5 rings (SSSR count). The smallest absolute Gasteiger partial charge is 0.269 e. The number of hydrogen-bond donors (Lipinski definition) is 0. The lowest BCUT2D eigenvalue weighted by molar-refractivity contribution is -0.384. The predicted molar refractivity (Wildman–Crippen MR) is 115 cm³/mol. The van der Waals surface area contributed by atoms with E-state index in [9.17, 15) is 10.1 Å². The van der Waals surface area contributed by atoms with Crippen LogP contribution < -0.4 is 0 Å². The van der Waals surface area contributed by atoms with E-state index in [0.717, 1.165) is 42.1 Å². The van der Waals surface area contributed by atoms with E-state index in [2.05, 4.69) is 31.9 Å². The number of non-ortho nitro benzene ring substituents is 1.